The molecule has 3 aromatic rings. The number of anilines is 1. The Hall–Kier alpha value is -1.61. The van der Waals surface area contributed by atoms with Crippen LogP contribution in [-0.2, 0) is 10.0 Å². The zero-order valence-electron chi connectivity index (χ0n) is 13.7. The summed E-state index contributed by atoms with van der Waals surface area (Å²) in [4.78, 5) is 6.19. The Labute approximate surface area is 159 Å². The van der Waals surface area contributed by atoms with E-state index in [2.05, 4.69) is 9.71 Å². The summed E-state index contributed by atoms with van der Waals surface area (Å²) in [6, 6.07) is 6.39. The van der Waals surface area contributed by atoms with E-state index in [1.54, 1.807) is 25.1 Å². The van der Waals surface area contributed by atoms with E-state index < -0.39 is 10.0 Å². The number of methoxy groups -OCH3 is 1. The van der Waals surface area contributed by atoms with Crippen LogP contribution in [0.4, 0.5) is 5.69 Å². The number of thiophene rings is 1. The van der Waals surface area contributed by atoms with Crippen LogP contribution in [0.15, 0.2) is 34.5 Å². The fourth-order valence-electron chi connectivity index (χ4n) is 2.28. The molecule has 2 heterocycles. The summed E-state index contributed by atoms with van der Waals surface area (Å²) in [6.45, 7) is 3.70. The van der Waals surface area contributed by atoms with Crippen molar-refractivity contribution in [2.75, 3.05) is 11.8 Å². The normalized spacial score (nSPS) is 11.5. The second kappa shape index (κ2) is 6.95. The van der Waals surface area contributed by atoms with Crippen LogP contribution in [0, 0.1) is 13.8 Å². The second-order valence-corrected chi connectivity index (χ2v) is 9.61. The predicted octanol–water partition coefficient (Wildman–Crippen LogP) is 4.95. The lowest BCUT2D eigenvalue weighted by molar-refractivity contribution is 0.415. The highest BCUT2D eigenvalue weighted by Crippen LogP contribution is 2.35. The average molecular weight is 415 g/mol. The van der Waals surface area contributed by atoms with Gasteiger partial charge in [-0.05, 0) is 38.1 Å². The fourth-order valence-corrected chi connectivity index (χ4v) is 5.82. The Bertz CT molecular complexity index is 1030. The largest absolute Gasteiger partial charge is 0.495 e. The van der Waals surface area contributed by atoms with Crippen LogP contribution in [-0.4, -0.2) is 20.5 Å². The van der Waals surface area contributed by atoms with Crippen molar-refractivity contribution in [3.05, 3.63) is 44.6 Å². The Balaban J connectivity index is 1.92. The highest BCUT2D eigenvalue weighted by atomic mass is 35.5. The molecule has 0 atom stereocenters. The first-order valence-electron chi connectivity index (χ1n) is 7.19. The van der Waals surface area contributed by atoms with Crippen molar-refractivity contribution in [2.45, 2.75) is 18.7 Å². The molecule has 0 aliphatic heterocycles. The molecular formula is C16H15ClN2O3S3. The van der Waals surface area contributed by atoms with Crippen molar-refractivity contribution < 1.29 is 13.2 Å². The molecular weight excluding hydrogens is 400 g/mol. The monoisotopic (exact) mass is 414 g/mol. The number of aryl methyl sites for hydroxylation is 2. The van der Waals surface area contributed by atoms with E-state index >= 15 is 0 Å². The molecule has 5 nitrogen and oxygen atoms in total. The molecule has 0 spiro atoms. The number of hydrogen-bond donors (Lipinski definition) is 1. The Morgan fingerprint density at radius 3 is 2.60 bits per heavy atom. The Morgan fingerprint density at radius 1 is 1.24 bits per heavy atom. The van der Waals surface area contributed by atoms with Gasteiger partial charge in [-0.2, -0.15) is 0 Å². The quantitative estimate of drug-likeness (QED) is 0.641. The number of thiazole rings is 1. The lowest BCUT2D eigenvalue weighted by Gasteiger charge is -2.09. The number of nitrogens with zero attached hydrogens (tertiary/aromatic N) is 1. The molecule has 3 rings (SSSR count). The van der Waals surface area contributed by atoms with Crippen molar-refractivity contribution in [1.82, 2.24) is 4.98 Å². The molecule has 2 aromatic heterocycles. The predicted molar refractivity (Wildman–Crippen MR) is 104 cm³/mol. The molecule has 0 fully saturated rings. The van der Waals surface area contributed by atoms with Gasteiger partial charge in [0.2, 0.25) is 0 Å². The summed E-state index contributed by atoms with van der Waals surface area (Å²) >= 11 is 9.00. The van der Waals surface area contributed by atoms with Crippen LogP contribution in [0.3, 0.4) is 0 Å². The topological polar surface area (TPSA) is 68.3 Å². The molecule has 9 heteroatoms. The van der Waals surface area contributed by atoms with E-state index in [-0.39, 0.29) is 4.90 Å². The van der Waals surface area contributed by atoms with Gasteiger partial charge in [0.25, 0.3) is 10.0 Å². The number of hydrogen-bond acceptors (Lipinski definition) is 6. The van der Waals surface area contributed by atoms with E-state index in [0.717, 1.165) is 15.6 Å². The van der Waals surface area contributed by atoms with Gasteiger partial charge in [0.05, 0.1) is 33.4 Å². The summed E-state index contributed by atoms with van der Waals surface area (Å²) in [6.07, 6.45) is 0. The average Bonchev–Trinajstić information content (AvgIpc) is 3.13. The van der Waals surface area contributed by atoms with E-state index in [1.807, 2.05) is 12.3 Å². The summed E-state index contributed by atoms with van der Waals surface area (Å²) in [7, 11) is -2.22. The third kappa shape index (κ3) is 3.82. The Morgan fingerprint density at radius 2 is 2.00 bits per heavy atom. The first kappa shape index (κ1) is 18.2. The maximum absolute atomic E-state index is 12.7. The lowest BCUT2D eigenvalue weighted by atomic mass is 10.3. The smallest absolute Gasteiger partial charge is 0.263 e. The number of benzene rings is 1. The number of rotatable bonds is 5. The second-order valence-electron chi connectivity index (χ2n) is 5.24. The van der Waals surface area contributed by atoms with Gasteiger partial charge >= 0.3 is 0 Å². The highest BCUT2D eigenvalue weighted by molar-refractivity contribution is 7.93. The molecule has 0 aliphatic rings. The third-order valence-corrected chi connectivity index (χ3v) is 7.22. The standard InChI is InChI=1S/C16H15ClN2O3S3/c1-9-16(7-15(24-9)13-8-23-10(2)18-13)25(20,21)19-11-4-5-14(22-3)12(17)6-11/h4-8,19H,1-3H3. The third-order valence-electron chi connectivity index (χ3n) is 3.44. The minimum atomic E-state index is -3.72. The molecule has 0 radical (unpaired) electrons. The number of ether oxygens (including phenoxy) is 1. The van der Waals surface area contributed by atoms with Crippen molar-refractivity contribution in [1.29, 1.82) is 0 Å². The highest BCUT2D eigenvalue weighted by Gasteiger charge is 2.21. The van der Waals surface area contributed by atoms with Gasteiger partial charge in [-0.1, -0.05) is 11.6 Å². The van der Waals surface area contributed by atoms with E-state index in [4.69, 9.17) is 16.3 Å². The van der Waals surface area contributed by atoms with Gasteiger partial charge < -0.3 is 4.74 Å². The van der Waals surface area contributed by atoms with Crippen molar-refractivity contribution in [2.24, 2.45) is 0 Å². The number of sulfonamides is 1. The van der Waals surface area contributed by atoms with Crippen LogP contribution in [0.25, 0.3) is 10.6 Å². The first-order chi connectivity index (χ1) is 11.8. The fraction of sp³-hybridized carbons (Fsp3) is 0.188. The molecule has 0 saturated carbocycles. The molecule has 0 amide bonds. The van der Waals surface area contributed by atoms with Crippen molar-refractivity contribution >= 4 is 50.0 Å². The maximum atomic E-state index is 12.7. The molecule has 0 unspecified atom stereocenters. The number of nitrogens with one attached hydrogen (secondary N) is 1. The maximum Gasteiger partial charge on any atom is 0.263 e. The van der Waals surface area contributed by atoms with Gasteiger partial charge in [0.15, 0.2) is 0 Å². The summed E-state index contributed by atoms with van der Waals surface area (Å²) < 4.78 is 33.1. The van der Waals surface area contributed by atoms with Gasteiger partial charge in [0, 0.05) is 10.3 Å². The van der Waals surface area contributed by atoms with E-state index in [1.165, 1.54) is 35.8 Å². The molecule has 0 aliphatic carbocycles. The van der Waals surface area contributed by atoms with Gasteiger partial charge in [-0.15, -0.1) is 22.7 Å². The first-order valence-corrected chi connectivity index (χ1v) is 10.7. The van der Waals surface area contributed by atoms with Crippen molar-refractivity contribution in [3.63, 3.8) is 0 Å². The van der Waals surface area contributed by atoms with Crippen LogP contribution in [0.5, 0.6) is 5.75 Å². The van der Waals surface area contributed by atoms with Crippen LogP contribution in [0.1, 0.15) is 9.88 Å². The molecule has 1 N–H and O–H groups in total. The lowest BCUT2D eigenvalue weighted by Crippen LogP contribution is -2.13. The molecule has 0 saturated heterocycles. The SMILES string of the molecule is COc1ccc(NS(=O)(=O)c2cc(-c3csc(C)n3)sc2C)cc1Cl. The Kier molecular flexibility index (Phi) is 5.06. The molecule has 132 valence electrons. The van der Waals surface area contributed by atoms with E-state index in [0.29, 0.717) is 21.3 Å². The molecule has 0 bridgehead atoms. The van der Waals surface area contributed by atoms with Gasteiger partial charge in [-0.25, -0.2) is 13.4 Å². The molecule has 1 aromatic carbocycles. The summed E-state index contributed by atoms with van der Waals surface area (Å²) in [5, 5.41) is 3.20. The zero-order chi connectivity index (χ0) is 18.2. The van der Waals surface area contributed by atoms with Crippen molar-refractivity contribution in [3.8, 4) is 16.3 Å². The minimum Gasteiger partial charge on any atom is -0.495 e. The van der Waals surface area contributed by atoms with Crippen LogP contribution in [0.2, 0.25) is 5.02 Å². The molecule has 25 heavy (non-hydrogen) atoms. The van der Waals surface area contributed by atoms with E-state index in [9.17, 15) is 8.42 Å². The number of halogens is 1. The van der Waals surface area contributed by atoms with Gasteiger partial charge in [0.1, 0.15) is 10.6 Å². The zero-order valence-corrected chi connectivity index (χ0v) is 16.9. The van der Waals surface area contributed by atoms with Crippen LogP contribution >= 0.6 is 34.3 Å². The van der Waals surface area contributed by atoms with Crippen LogP contribution < -0.4 is 9.46 Å². The summed E-state index contributed by atoms with van der Waals surface area (Å²) in [5.41, 5.74) is 1.17. The minimum absolute atomic E-state index is 0.241. The van der Waals surface area contributed by atoms with Gasteiger partial charge in [-0.3, -0.25) is 4.72 Å². The number of aromatic nitrogens is 1. The summed E-state index contributed by atoms with van der Waals surface area (Å²) in [5.74, 6) is 0.484.